The third kappa shape index (κ3) is 8.72. The number of amides is 1. The summed E-state index contributed by atoms with van der Waals surface area (Å²) in [6.07, 6.45) is -5.49. The number of carboxylic acids is 2. The summed E-state index contributed by atoms with van der Waals surface area (Å²) in [4.78, 5) is 29.0. The molecule has 9 nitrogen and oxygen atoms in total. The standard InChI is InChI=1S/C4H6O6.C3H7NO2/c5-1(3(7)8)2(6)4(9)10;1-2-4-3(5)6/h1-2,5-6H,(H,7,8)(H,9,10);4H,2H2,1H3,(H,5,6)/t1-,2-;/m1./s1. The summed E-state index contributed by atoms with van der Waals surface area (Å²) in [6.45, 7) is 2.21. The van der Waals surface area contributed by atoms with Gasteiger partial charge >= 0.3 is 18.0 Å². The fourth-order valence-corrected chi connectivity index (χ4v) is 0.421. The first-order valence-corrected chi connectivity index (χ1v) is 4.02. The van der Waals surface area contributed by atoms with Crippen LogP contribution in [0.15, 0.2) is 0 Å². The van der Waals surface area contributed by atoms with E-state index in [1.165, 1.54) is 0 Å². The minimum atomic E-state index is -2.27. The van der Waals surface area contributed by atoms with Gasteiger partial charge in [0.1, 0.15) is 0 Å². The van der Waals surface area contributed by atoms with Crippen LogP contribution in [0.3, 0.4) is 0 Å². The quantitative estimate of drug-likeness (QED) is 0.332. The molecule has 0 bridgehead atoms. The Morgan fingerprint density at radius 1 is 1.00 bits per heavy atom. The number of aliphatic hydroxyl groups excluding tert-OH is 2. The molecule has 0 aromatic rings. The molecule has 94 valence electrons. The lowest BCUT2D eigenvalue weighted by Gasteiger charge is -2.07. The van der Waals surface area contributed by atoms with Gasteiger partial charge in [-0.2, -0.15) is 0 Å². The molecule has 0 fully saturated rings. The van der Waals surface area contributed by atoms with Crippen LogP contribution in [0.4, 0.5) is 4.79 Å². The average molecular weight is 239 g/mol. The van der Waals surface area contributed by atoms with E-state index < -0.39 is 30.2 Å². The van der Waals surface area contributed by atoms with Gasteiger partial charge in [-0.1, -0.05) is 0 Å². The average Bonchev–Trinajstić information content (AvgIpc) is 2.15. The van der Waals surface area contributed by atoms with Crippen molar-refractivity contribution in [2.45, 2.75) is 19.1 Å². The molecule has 0 unspecified atom stereocenters. The van der Waals surface area contributed by atoms with E-state index in [9.17, 15) is 14.4 Å². The lowest BCUT2D eigenvalue weighted by molar-refractivity contribution is -0.165. The largest absolute Gasteiger partial charge is 0.479 e. The van der Waals surface area contributed by atoms with Crippen LogP contribution in [0.25, 0.3) is 0 Å². The lowest BCUT2D eigenvalue weighted by Crippen LogP contribution is -2.39. The number of nitrogens with one attached hydrogen (secondary N) is 1. The Kier molecular flexibility index (Phi) is 8.73. The van der Waals surface area contributed by atoms with E-state index in [0.29, 0.717) is 6.54 Å². The highest BCUT2D eigenvalue weighted by Gasteiger charge is 2.29. The van der Waals surface area contributed by atoms with Crippen LogP contribution in [0, 0.1) is 0 Å². The second kappa shape index (κ2) is 8.44. The van der Waals surface area contributed by atoms with Crippen molar-refractivity contribution >= 4 is 18.0 Å². The lowest BCUT2D eigenvalue weighted by atomic mass is 10.2. The van der Waals surface area contributed by atoms with E-state index in [-0.39, 0.29) is 0 Å². The second-order valence-corrected chi connectivity index (χ2v) is 2.40. The molecule has 0 heterocycles. The maximum absolute atomic E-state index is 9.77. The van der Waals surface area contributed by atoms with Crippen LogP contribution in [0.5, 0.6) is 0 Å². The van der Waals surface area contributed by atoms with E-state index >= 15 is 0 Å². The molecule has 0 aliphatic rings. The Morgan fingerprint density at radius 2 is 1.31 bits per heavy atom. The van der Waals surface area contributed by atoms with Crippen molar-refractivity contribution in [2.75, 3.05) is 6.54 Å². The summed E-state index contributed by atoms with van der Waals surface area (Å²) in [5.41, 5.74) is 0. The first-order valence-electron chi connectivity index (χ1n) is 4.02. The van der Waals surface area contributed by atoms with Gasteiger partial charge in [-0.05, 0) is 6.92 Å². The fraction of sp³-hybridized carbons (Fsp3) is 0.571. The van der Waals surface area contributed by atoms with Gasteiger partial charge in [0.2, 0.25) is 0 Å². The Hall–Kier alpha value is -1.87. The van der Waals surface area contributed by atoms with Crippen molar-refractivity contribution in [1.29, 1.82) is 0 Å². The zero-order valence-corrected chi connectivity index (χ0v) is 8.32. The maximum atomic E-state index is 9.77. The first-order chi connectivity index (χ1) is 7.23. The van der Waals surface area contributed by atoms with E-state index in [4.69, 9.17) is 25.5 Å². The summed E-state index contributed by atoms with van der Waals surface area (Å²) < 4.78 is 0. The third-order valence-electron chi connectivity index (χ3n) is 1.13. The molecule has 0 saturated heterocycles. The van der Waals surface area contributed by atoms with E-state index in [1.54, 1.807) is 6.92 Å². The second-order valence-electron chi connectivity index (χ2n) is 2.40. The van der Waals surface area contributed by atoms with E-state index in [0.717, 1.165) is 0 Å². The van der Waals surface area contributed by atoms with Crippen LogP contribution in [0.2, 0.25) is 0 Å². The molecule has 0 aliphatic heterocycles. The van der Waals surface area contributed by atoms with Crippen molar-refractivity contribution in [3.05, 3.63) is 0 Å². The van der Waals surface area contributed by atoms with Gasteiger partial charge in [-0.15, -0.1) is 0 Å². The summed E-state index contributed by atoms with van der Waals surface area (Å²) in [6, 6.07) is 0. The number of hydrogen-bond acceptors (Lipinski definition) is 5. The fourth-order valence-electron chi connectivity index (χ4n) is 0.421. The minimum absolute atomic E-state index is 0.481. The van der Waals surface area contributed by atoms with Gasteiger partial charge in [-0.3, -0.25) is 0 Å². The maximum Gasteiger partial charge on any atom is 0.404 e. The summed E-state index contributed by atoms with van der Waals surface area (Å²) in [5, 5.41) is 42.5. The van der Waals surface area contributed by atoms with Crippen molar-refractivity contribution in [2.24, 2.45) is 0 Å². The van der Waals surface area contributed by atoms with Crippen molar-refractivity contribution < 1.29 is 39.9 Å². The van der Waals surface area contributed by atoms with Gasteiger partial charge in [0, 0.05) is 6.54 Å². The normalized spacial score (nSPS) is 12.7. The first kappa shape index (κ1) is 16.6. The number of hydrogen-bond donors (Lipinski definition) is 6. The molecule has 0 saturated carbocycles. The number of carboxylic acid groups (broad SMARTS) is 3. The Bertz CT molecular complexity index is 235. The molecule has 0 aliphatic carbocycles. The van der Waals surface area contributed by atoms with Gasteiger partial charge in [-0.25, -0.2) is 14.4 Å². The molecule has 0 radical (unpaired) electrons. The van der Waals surface area contributed by atoms with Crippen LogP contribution in [0.1, 0.15) is 6.92 Å². The molecule has 0 spiro atoms. The smallest absolute Gasteiger partial charge is 0.404 e. The molecule has 0 rings (SSSR count). The monoisotopic (exact) mass is 239 g/mol. The minimum Gasteiger partial charge on any atom is -0.479 e. The van der Waals surface area contributed by atoms with Gasteiger partial charge in [0.15, 0.2) is 12.2 Å². The SMILES string of the molecule is CCNC(=O)O.O=C(O)[C@H](O)[C@@H](O)C(=O)O. The number of carbonyl (C=O) groups is 3. The number of rotatable bonds is 4. The Balaban J connectivity index is 0. The van der Waals surface area contributed by atoms with Crippen LogP contribution >= 0.6 is 0 Å². The Labute approximate surface area is 89.9 Å². The van der Waals surface area contributed by atoms with Crippen LogP contribution in [-0.2, 0) is 9.59 Å². The number of aliphatic carboxylic acids is 2. The Morgan fingerprint density at radius 3 is 1.38 bits per heavy atom. The van der Waals surface area contributed by atoms with Gasteiger partial charge < -0.3 is 30.8 Å². The molecule has 1 amide bonds. The van der Waals surface area contributed by atoms with Crippen LogP contribution < -0.4 is 5.32 Å². The molecule has 9 heteroatoms. The van der Waals surface area contributed by atoms with Crippen LogP contribution in [-0.4, -0.2) is 62.3 Å². The van der Waals surface area contributed by atoms with Crippen molar-refractivity contribution in [3.8, 4) is 0 Å². The third-order valence-corrected chi connectivity index (χ3v) is 1.13. The van der Waals surface area contributed by atoms with E-state index in [2.05, 4.69) is 5.32 Å². The summed E-state index contributed by atoms with van der Waals surface area (Å²) in [5.74, 6) is -3.54. The van der Waals surface area contributed by atoms with Crippen molar-refractivity contribution in [3.63, 3.8) is 0 Å². The molecule has 16 heavy (non-hydrogen) atoms. The summed E-state index contributed by atoms with van der Waals surface area (Å²) >= 11 is 0. The topological polar surface area (TPSA) is 164 Å². The van der Waals surface area contributed by atoms with Crippen molar-refractivity contribution in [1.82, 2.24) is 5.32 Å². The molecule has 0 aromatic carbocycles. The van der Waals surface area contributed by atoms with E-state index in [1.807, 2.05) is 0 Å². The highest BCUT2D eigenvalue weighted by atomic mass is 16.4. The van der Waals surface area contributed by atoms with Gasteiger partial charge in [0.05, 0.1) is 0 Å². The number of aliphatic hydroxyl groups is 2. The predicted molar refractivity (Wildman–Crippen MR) is 49.0 cm³/mol. The molecular weight excluding hydrogens is 226 g/mol. The molecule has 6 N–H and O–H groups in total. The zero-order valence-electron chi connectivity index (χ0n) is 8.32. The predicted octanol–water partition coefficient (Wildman–Crippen LogP) is -1.85. The zero-order chi connectivity index (χ0) is 13.3. The highest BCUT2D eigenvalue weighted by Crippen LogP contribution is 1.92. The molecular formula is C7H13NO8. The highest BCUT2D eigenvalue weighted by molar-refractivity contribution is 5.83. The molecule has 2 atom stereocenters. The summed E-state index contributed by atoms with van der Waals surface area (Å²) in [7, 11) is 0. The molecule has 0 aromatic heterocycles. The van der Waals surface area contributed by atoms with Gasteiger partial charge in [0.25, 0.3) is 0 Å².